The molecule has 3 amide bonds. The van der Waals surface area contributed by atoms with Gasteiger partial charge in [0.25, 0.3) is 5.91 Å². The first-order chi connectivity index (χ1) is 27.5. The Morgan fingerprint density at radius 1 is 0.825 bits per heavy atom. The maximum absolute atomic E-state index is 14.1. The van der Waals surface area contributed by atoms with Gasteiger partial charge in [-0.3, -0.25) is 4.79 Å². The van der Waals surface area contributed by atoms with E-state index >= 15 is 0 Å². The van der Waals surface area contributed by atoms with Gasteiger partial charge < -0.3 is 34.4 Å². The van der Waals surface area contributed by atoms with Crippen LogP contribution >= 0.6 is 11.3 Å². The number of carbonyl (C=O) groups is 3. The average Bonchev–Trinajstić information content (AvgIpc) is 4.03. The van der Waals surface area contributed by atoms with Crippen LogP contribution in [0, 0.1) is 0 Å². The lowest BCUT2D eigenvalue weighted by molar-refractivity contribution is 0.0275. The lowest BCUT2D eigenvalue weighted by Gasteiger charge is -2.24. The van der Waals surface area contributed by atoms with Gasteiger partial charge in [-0.15, -0.1) is 21.5 Å². The summed E-state index contributed by atoms with van der Waals surface area (Å²) in [6.07, 6.45) is -0.741. The molecule has 2 aliphatic heterocycles. The Hall–Kier alpha value is -6.48. The summed E-state index contributed by atoms with van der Waals surface area (Å²) in [4.78, 5) is 41.4. The lowest BCUT2D eigenvalue weighted by atomic mass is 10.00. The third-order valence-electron chi connectivity index (χ3n) is 9.82. The second-order valence-corrected chi connectivity index (χ2v) is 16.0. The van der Waals surface area contributed by atoms with Gasteiger partial charge in [0.15, 0.2) is 0 Å². The Morgan fingerprint density at radius 3 is 2.25 bits per heavy atom. The van der Waals surface area contributed by atoms with Crippen LogP contribution in [0.2, 0.25) is 0 Å². The van der Waals surface area contributed by atoms with Gasteiger partial charge in [-0.05, 0) is 102 Å². The number of hydrogen-bond donors (Lipinski definition) is 3. The summed E-state index contributed by atoms with van der Waals surface area (Å²) in [5.74, 6) is 1.24. The van der Waals surface area contributed by atoms with Crippen LogP contribution in [-0.2, 0) is 4.74 Å². The molecule has 0 bridgehead atoms. The van der Waals surface area contributed by atoms with Crippen LogP contribution < -0.4 is 14.8 Å². The zero-order chi connectivity index (χ0) is 39.7. The number of amides is 3. The number of benzene rings is 4. The van der Waals surface area contributed by atoms with Crippen LogP contribution in [0.25, 0.3) is 43.7 Å². The van der Waals surface area contributed by atoms with Crippen LogP contribution in [0.1, 0.15) is 44.0 Å². The summed E-state index contributed by atoms with van der Waals surface area (Å²) < 4.78 is 19.7. The van der Waals surface area contributed by atoms with Gasteiger partial charge in [-0.1, -0.05) is 30.3 Å². The van der Waals surface area contributed by atoms with Crippen molar-refractivity contribution in [1.29, 1.82) is 0 Å². The number of aromatic amines is 1. The Balaban J connectivity index is 1.08. The Bertz CT molecular complexity index is 2450. The van der Waals surface area contributed by atoms with Crippen molar-refractivity contribution in [2.45, 2.75) is 51.4 Å². The lowest BCUT2D eigenvalue weighted by Crippen LogP contribution is -2.36. The standard InChI is InChI=1S/C42H41N7O7S/c1-42(2,3)56-41(53)49-17-14-32(24-49)55-35-11-9-29(20-33(35)27-8-7-25-15-18-57-37(25)21-27)39(50)43-30-10-12-36(54-31-13-16-48(23-31)40(51)52)34(22-30)26-5-4-6-28(19-26)38-44-46-47-45-38/h4-12,15,18-22,31-32H,13-14,16-17,23-24H2,1-3H3,(H,43,50)(H,51,52)(H,44,45,46,47). The molecular formula is C42H41N7O7S. The molecule has 2 aliphatic rings. The van der Waals surface area contributed by atoms with Crippen molar-refractivity contribution in [3.63, 3.8) is 0 Å². The van der Waals surface area contributed by atoms with Crippen molar-refractivity contribution >= 4 is 45.2 Å². The first-order valence-electron chi connectivity index (χ1n) is 18.7. The third kappa shape index (κ3) is 8.53. The summed E-state index contributed by atoms with van der Waals surface area (Å²) in [5, 5.41) is 30.1. The summed E-state index contributed by atoms with van der Waals surface area (Å²) >= 11 is 1.64. The zero-order valence-corrected chi connectivity index (χ0v) is 32.4. The van der Waals surface area contributed by atoms with Crippen LogP contribution in [-0.4, -0.2) is 97.6 Å². The molecule has 0 spiro atoms. The molecule has 3 N–H and O–H groups in total. The number of ether oxygens (including phenoxy) is 3. The maximum Gasteiger partial charge on any atom is 0.410 e. The number of carbonyl (C=O) groups excluding carboxylic acids is 2. The van der Waals surface area contributed by atoms with Gasteiger partial charge in [0, 0.05) is 58.6 Å². The number of hydrogen-bond acceptors (Lipinski definition) is 10. The highest BCUT2D eigenvalue weighted by molar-refractivity contribution is 7.17. The summed E-state index contributed by atoms with van der Waals surface area (Å²) in [5.41, 5.74) is 4.20. The van der Waals surface area contributed by atoms with Gasteiger partial charge >= 0.3 is 12.2 Å². The molecule has 2 unspecified atom stereocenters. The number of thiophene rings is 1. The number of H-pyrrole nitrogens is 1. The van der Waals surface area contributed by atoms with Gasteiger partial charge in [0.2, 0.25) is 5.82 Å². The highest BCUT2D eigenvalue weighted by Crippen LogP contribution is 2.38. The van der Waals surface area contributed by atoms with E-state index in [0.717, 1.165) is 32.3 Å². The third-order valence-corrected chi connectivity index (χ3v) is 10.7. The normalized spacial score (nSPS) is 16.8. The molecule has 292 valence electrons. The molecule has 4 heterocycles. The number of tetrazole rings is 1. The molecular weight excluding hydrogens is 747 g/mol. The van der Waals surface area contributed by atoms with E-state index < -0.39 is 11.7 Å². The van der Waals surface area contributed by atoms with Gasteiger partial charge in [0.1, 0.15) is 29.3 Å². The number of nitrogens with zero attached hydrogens (tertiary/aromatic N) is 5. The first-order valence-corrected chi connectivity index (χ1v) is 19.5. The molecule has 0 aliphatic carbocycles. The van der Waals surface area contributed by atoms with Crippen molar-refractivity contribution in [2.75, 3.05) is 31.5 Å². The number of carboxylic acid groups (broad SMARTS) is 1. The fraction of sp³-hybridized carbons (Fsp3) is 0.286. The molecule has 6 aromatic rings. The highest BCUT2D eigenvalue weighted by Gasteiger charge is 2.32. The molecule has 0 saturated carbocycles. The van der Waals surface area contributed by atoms with E-state index in [1.165, 1.54) is 4.90 Å². The molecule has 2 fully saturated rings. The Kier molecular flexibility index (Phi) is 10.2. The predicted molar refractivity (Wildman–Crippen MR) is 216 cm³/mol. The van der Waals surface area contributed by atoms with E-state index in [-0.39, 0.29) is 30.8 Å². The molecule has 8 rings (SSSR count). The largest absolute Gasteiger partial charge is 0.488 e. The number of nitrogens with one attached hydrogen (secondary N) is 2. The molecule has 57 heavy (non-hydrogen) atoms. The average molecular weight is 788 g/mol. The number of aromatic nitrogens is 4. The number of anilines is 1. The fourth-order valence-electron chi connectivity index (χ4n) is 7.05. The van der Waals surface area contributed by atoms with E-state index in [9.17, 15) is 19.5 Å². The van der Waals surface area contributed by atoms with Crippen molar-refractivity contribution in [3.05, 3.63) is 95.9 Å². The maximum atomic E-state index is 14.1. The van der Waals surface area contributed by atoms with Gasteiger partial charge in [-0.2, -0.15) is 5.21 Å². The minimum Gasteiger partial charge on any atom is -0.488 e. The molecule has 14 nitrogen and oxygen atoms in total. The minimum absolute atomic E-state index is 0.250. The smallest absolute Gasteiger partial charge is 0.410 e. The van der Waals surface area contributed by atoms with E-state index in [4.69, 9.17) is 14.2 Å². The van der Waals surface area contributed by atoms with Crippen LogP contribution in [0.4, 0.5) is 15.3 Å². The summed E-state index contributed by atoms with van der Waals surface area (Å²) in [7, 11) is 0. The van der Waals surface area contributed by atoms with E-state index in [2.05, 4.69) is 44.1 Å². The van der Waals surface area contributed by atoms with Crippen molar-refractivity contribution in [1.82, 2.24) is 30.4 Å². The van der Waals surface area contributed by atoms with E-state index in [1.807, 2.05) is 74.7 Å². The quantitative estimate of drug-likeness (QED) is 0.130. The van der Waals surface area contributed by atoms with Crippen molar-refractivity contribution in [2.24, 2.45) is 0 Å². The zero-order valence-electron chi connectivity index (χ0n) is 31.6. The van der Waals surface area contributed by atoms with Gasteiger partial charge in [0.05, 0.1) is 13.1 Å². The molecule has 2 saturated heterocycles. The second kappa shape index (κ2) is 15.6. The summed E-state index contributed by atoms with van der Waals surface area (Å²) in [6.45, 7) is 7.08. The molecule has 2 aromatic heterocycles. The van der Waals surface area contributed by atoms with Crippen molar-refractivity contribution < 1.29 is 33.7 Å². The molecule has 4 aromatic carbocycles. The van der Waals surface area contributed by atoms with Crippen LogP contribution in [0.15, 0.2) is 90.3 Å². The van der Waals surface area contributed by atoms with Crippen molar-refractivity contribution in [3.8, 4) is 45.1 Å². The van der Waals surface area contributed by atoms with Crippen LogP contribution in [0.3, 0.4) is 0 Å². The fourth-order valence-corrected chi connectivity index (χ4v) is 7.87. The molecule has 2 atom stereocenters. The van der Waals surface area contributed by atoms with E-state index in [1.54, 1.807) is 34.4 Å². The Morgan fingerprint density at radius 2 is 1.53 bits per heavy atom. The first kappa shape index (κ1) is 37.4. The monoisotopic (exact) mass is 787 g/mol. The van der Waals surface area contributed by atoms with Gasteiger partial charge in [-0.25, -0.2) is 9.59 Å². The molecule has 15 heteroatoms. The SMILES string of the molecule is CC(C)(C)OC(=O)N1CCC(Oc2ccc(C(=O)Nc3ccc(OC4CCN(C(=O)O)C4)c(-c4cccc(-c5nn[nH]n5)c4)c3)cc2-c2ccc3ccsc3c2)C1. The number of likely N-dealkylation sites (tertiary alicyclic amines) is 2. The number of rotatable bonds is 9. The summed E-state index contributed by atoms with van der Waals surface area (Å²) in [6, 6.07) is 26.6. The number of fused-ring (bicyclic) bond motifs is 1. The van der Waals surface area contributed by atoms with E-state index in [0.29, 0.717) is 66.6 Å². The van der Waals surface area contributed by atoms with Crippen LogP contribution in [0.5, 0.6) is 11.5 Å². The highest BCUT2D eigenvalue weighted by atomic mass is 32.1. The topological polar surface area (TPSA) is 172 Å². The predicted octanol–water partition coefficient (Wildman–Crippen LogP) is 8.19. The second-order valence-electron chi connectivity index (χ2n) is 15.1. The Labute approximate surface area is 332 Å². The molecule has 0 radical (unpaired) electrons. The minimum atomic E-state index is -0.981.